The first kappa shape index (κ1) is 14.7. The number of H-pyrrole nitrogens is 1. The van der Waals surface area contributed by atoms with Crippen LogP contribution in [-0.2, 0) is 0 Å². The molecular weight excluding hydrogens is 330 g/mol. The molecule has 0 saturated carbocycles. The normalized spacial score (nSPS) is 11.4. The Morgan fingerprint density at radius 3 is 2.73 bits per heavy atom. The van der Waals surface area contributed by atoms with Gasteiger partial charge in [0.15, 0.2) is 0 Å². The van der Waals surface area contributed by atoms with Gasteiger partial charge in [0, 0.05) is 11.1 Å². The summed E-state index contributed by atoms with van der Waals surface area (Å²) in [5, 5.41) is 0.664. The molecule has 0 bridgehead atoms. The zero-order chi connectivity index (χ0) is 17.7. The topological polar surface area (TPSA) is 84.9 Å². The molecule has 0 aliphatic carbocycles. The highest BCUT2D eigenvalue weighted by atomic mass is 16.3. The van der Waals surface area contributed by atoms with Crippen LogP contribution >= 0.6 is 0 Å². The van der Waals surface area contributed by atoms with E-state index in [4.69, 9.17) is 8.83 Å². The SMILES string of the molecule is Cc1ccc(-c2cc(-c3ccco3)c3c(n2)oc2c(=O)[nH]cnc23)cc1. The van der Waals surface area contributed by atoms with Gasteiger partial charge in [0.1, 0.15) is 11.3 Å². The van der Waals surface area contributed by atoms with Crippen molar-refractivity contribution in [2.24, 2.45) is 0 Å². The highest BCUT2D eigenvalue weighted by molar-refractivity contribution is 6.09. The Morgan fingerprint density at radius 2 is 1.96 bits per heavy atom. The van der Waals surface area contributed by atoms with Crippen molar-refractivity contribution in [1.29, 1.82) is 0 Å². The smallest absolute Gasteiger partial charge is 0.294 e. The highest BCUT2D eigenvalue weighted by Crippen LogP contribution is 2.36. The maximum Gasteiger partial charge on any atom is 0.294 e. The van der Waals surface area contributed by atoms with Crippen molar-refractivity contribution in [2.45, 2.75) is 6.92 Å². The average Bonchev–Trinajstić information content (AvgIpc) is 3.30. The lowest BCUT2D eigenvalue weighted by Crippen LogP contribution is -2.04. The van der Waals surface area contributed by atoms with E-state index in [1.165, 1.54) is 11.9 Å². The third-order valence-corrected chi connectivity index (χ3v) is 4.37. The monoisotopic (exact) mass is 343 g/mol. The van der Waals surface area contributed by atoms with E-state index in [0.717, 1.165) is 16.8 Å². The molecule has 0 aliphatic heterocycles. The maximum atomic E-state index is 12.1. The predicted octanol–water partition coefficient (Wildman–Crippen LogP) is 4.30. The highest BCUT2D eigenvalue weighted by Gasteiger charge is 2.20. The summed E-state index contributed by atoms with van der Waals surface area (Å²) in [6.07, 6.45) is 2.97. The van der Waals surface area contributed by atoms with Crippen LogP contribution in [0.2, 0.25) is 0 Å². The molecule has 126 valence electrons. The van der Waals surface area contributed by atoms with Crippen LogP contribution in [0.25, 0.3) is 44.8 Å². The van der Waals surface area contributed by atoms with Gasteiger partial charge in [-0.15, -0.1) is 0 Å². The van der Waals surface area contributed by atoms with E-state index >= 15 is 0 Å². The molecule has 0 amide bonds. The fourth-order valence-corrected chi connectivity index (χ4v) is 3.08. The molecule has 26 heavy (non-hydrogen) atoms. The largest absolute Gasteiger partial charge is 0.464 e. The number of benzene rings is 1. The predicted molar refractivity (Wildman–Crippen MR) is 97.8 cm³/mol. The van der Waals surface area contributed by atoms with Crippen molar-refractivity contribution in [3.05, 3.63) is 71.0 Å². The van der Waals surface area contributed by atoms with Crippen LogP contribution in [0.3, 0.4) is 0 Å². The van der Waals surface area contributed by atoms with E-state index in [-0.39, 0.29) is 11.1 Å². The van der Waals surface area contributed by atoms with Gasteiger partial charge in [0.25, 0.3) is 5.56 Å². The number of aromatic amines is 1. The number of nitrogens with one attached hydrogen (secondary N) is 1. The van der Waals surface area contributed by atoms with E-state index < -0.39 is 0 Å². The van der Waals surface area contributed by atoms with Crippen LogP contribution in [0.1, 0.15) is 5.56 Å². The number of hydrogen-bond donors (Lipinski definition) is 1. The summed E-state index contributed by atoms with van der Waals surface area (Å²) in [4.78, 5) is 23.5. The standard InChI is InChI=1S/C20H13N3O3/c1-11-4-6-12(7-5-11)14-9-13(15-3-2-8-25-15)16-17-18(26-20(16)23-14)19(24)22-10-21-17/h2-10H,1H3,(H,21,22,24). The van der Waals surface area contributed by atoms with Crippen molar-refractivity contribution in [3.8, 4) is 22.6 Å². The van der Waals surface area contributed by atoms with Gasteiger partial charge in [-0.25, -0.2) is 9.97 Å². The Bertz CT molecular complexity index is 1300. The molecule has 5 rings (SSSR count). The molecule has 0 radical (unpaired) electrons. The molecule has 5 aromatic rings. The first-order chi connectivity index (χ1) is 12.7. The van der Waals surface area contributed by atoms with Gasteiger partial charge < -0.3 is 13.8 Å². The molecule has 0 aliphatic rings. The van der Waals surface area contributed by atoms with Gasteiger partial charge in [0.05, 0.1) is 23.7 Å². The first-order valence-electron chi connectivity index (χ1n) is 8.12. The van der Waals surface area contributed by atoms with Crippen LogP contribution in [0.15, 0.2) is 68.7 Å². The minimum absolute atomic E-state index is 0.156. The number of pyridine rings is 1. The van der Waals surface area contributed by atoms with Crippen molar-refractivity contribution < 1.29 is 8.83 Å². The summed E-state index contributed by atoms with van der Waals surface area (Å²) in [5.41, 5.74) is 4.28. The number of furan rings is 2. The number of aromatic nitrogens is 3. The summed E-state index contributed by atoms with van der Waals surface area (Å²) in [6, 6.07) is 13.7. The second-order valence-electron chi connectivity index (χ2n) is 6.09. The molecule has 1 N–H and O–H groups in total. The summed E-state index contributed by atoms with van der Waals surface area (Å²) < 4.78 is 11.4. The Morgan fingerprint density at radius 1 is 1.12 bits per heavy atom. The van der Waals surface area contributed by atoms with Crippen LogP contribution in [0.4, 0.5) is 0 Å². The summed E-state index contributed by atoms with van der Waals surface area (Å²) in [6.45, 7) is 2.03. The number of aryl methyl sites for hydroxylation is 1. The van der Waals surface area contributed by atoms with Crippen molar-refractivity contribution in [3.63, 3.8) is 0 Å². The lowest BCUT2D eigenvalue weighted by atomic mass is 10.0. The summed E-state index contributed by atoms with van der Waals surface area (Å²) in [7, 11) is 0. The van der Waals surface area contributed by atoms with Crippen LogP contribution < -0.4 is 5.56 Å². The van der Waals surface area contributed by atoms with Crippen molar-refractivity contribution in [1.82, 2.24) is 15.0 Å². The van der Waals surface area contributed by atoms with Crippen LogP contribution in [0.5, 0.6) is 0 Å². The van der Waals surface area contributed by atoms with Crippen LogP contribution in [0, 0.1) is 6.92 Å². The molecular formula is C20H13N3O3. The molecule has 4 aromatic heterocycles. The number of fused-ring (bicyclic) bond motifs is 3. The fourth-order valence-electron chi connectivity index (χ4n) is 3.08. The zero-order valence-corrected chi connectivity index (χ0v) is 13.8. The molecule has 0 spiro atoms. The summed E-state index contributed by atoms with van der Waals surface area (Å²) >= 11 is 0. The number of nitrogens with zero attached hydrogens (tertiary/aromatic N) is 2. The number of rotatable bonds is 2. The minimum Gasteiger partial charge on any atom is -0.464 e. The van der Waals surface area contributed by atoms with E-state index in [0.29, 0.717) is 22.4 Å². The Hall–Kier alpha value is -3.67. The van der Waals surface area contributed by atoms with Gasteiger partial charge in [-0.3, -0.25) is 4.79 Å². The second kappa shape index (κ2) is 5.42. The minimum atomic E-state index is -0.338. The molecule has 6 nitrogen and oxygen atoms in total. The van der Waals surface area contributed by atoms with E-state index in [1.54, 1.807) is 6.26 Å². The zero-order valence-electron chi connectivity index (χ0n) is 13.8. The van der Waals surface area contributed by atoms with Gasteiger partial charge in [-0.2, -0.15) is 0 Å². The first-order valence-corrected chi connectivity index (χ1v) is 8.12. The van der Waals surface area contributed by atoms with Gasteiger partial charge in [0.2, 0.25) is 11.3 Å². The molecule has 0 unspecified atom stereocenters. The van der Waals surface area contributed by atoms with Gasteiger partial charge >= 0.3 is 0 Å². The molecule has 0 atom stereocenters. The lowest BCUT2D eigenvalue weighted by molar-refractivity contribution is 0.582. The quantitative estimate of drug-likeness (QED) is 0.516. The third kappa shape index (κ3) is 2.16. The van der Waals surface area contributed by atoms with Gasteiger partial charge in [-0.05, 0) is 25.1 Å². The van der Waals surface area contributed by atoms with E-state index in [1.807, 2.05) is 49.4 Å². The molecule has 0 saturated heterocycles. The lowest BCUT2D eigenvalue weighted by Gasteiger charge is -2.05. The Balaban J connectivity index is 1.90. The average molecular weight is 343 g/mol. The van der Waals surface area contributed by atoms with E-state index in [9.17, 15) is 4.79 Å². The molecule has 1 aromatic carbocycles. The molecule has 0 fully saturated rings. The van der Waals surface area contributed by atoms with E-state index in [2.05, 4.69) is 15.0 Å². The summed E-state index contributed by atoms with van der Waals surface area (Å²) in [5.74, 6) is 0.663. The van der Waals surface area contributed by atoms with Crippen molar-refractivity contribution in [2.75, 3.05) is 0 Å². The van der Waals surface area contributed by atoms with Crippen molar-refractivity contribution >= 4 is 22.2 Å². The molecule has 4 heterocycles. The van der Waals surface area contributed by atoms with Gasteiger partial charge in [-0.1, -0.05) is 29.8 Å². The maximum absolute atomic E-state index is 12.1. The second-order valence-corrected chi connectivity index (χ2v) is 6.09. The number of hydrogen-bond acceptors (Lipinski definition) is 5. The third-order valence-electron chi connectivity index (χ3n) is 4.37. The molecule has 6 heteroatoms. The Kier molecular flexibility index (Phi) is 3.05. The fraction of sp³-hybridized carbons (Fsp3) is 0.0500. The Labute approximate surface area is 147 Å². The van der Waals surface area contributed by atoms with Crippen LogP contribution in [-0.4, -0.2) is 15.0 Å².